The Morgan fingerprint density at radius 1 is 1.28 bits per heavy atom. The summed E-state index contributed by atoms with van der Waals surface area (Å²) in [5.41, 5.74) is 0. The van der Waals surface area contributed by atoms with Gasteiger partial charge in [0, 0.05) is 18.8 Å². The summed E-state index contributed by atoms with van der Waals surface area (Å²) in [6, 6.07) is 0. The van der Waals surface area contributed by atoms with Crippen molar-refractivity contribution in [3.8, 4) is 0 Å². The molecule has 0 saturated heterocycles. The van der Waals surface area contributed by atoms with Gasteiger partial charge < -0.3 is 24.8 Å². The van der Waals surface area contributed by atoms with E-state index in [9.17, 15) is 9.59 Å². The number of carbonyl (C=O) groups is 2. The van der Waals surface area contributed by atoms with Gasteiger partial charge in [-0.25, -0.2) is 9.59 Å². The van der Waals surface area contributed by atoms with Crippen LogP contribution < -0.4 is 0 Å². The molecule has 1 aliphatic rings. The first-order valence-electron chi connectivity index (χ1n) is 5.39. The summed E-state index contributed by atoms with van der Waals surface area (Å²) in [6.07, 6.45) is 1.61. The van der Waals surface area contributed by atoms with Crippen molar-refractivity contribution in [1.29, 1.82) is 0 Å². The number of carbonyl (C=O) groups excluding carboxylic acids is 2. The molecule has 18 heavy (non-hydrogen) atoms. The van der Waals surface area contributed by atoms with Gasteiger partial charge in [0.15, 0.2) is 0 Å². The van der Waals surface area contributed by atoms with E-state index in [-0.39, 0.29) is 13.2 Å². The minimum Gasteiger partial charge on any atom is -0.394 e. The first-order valence-corrected chi connectivity index (χ1v) is 5.39. The molecule has 0 spiro atoms. The van der Waals surface area contributed by atoms with E-state index in [0.717, 1.165) is 12.2 Å². The average molecular weight is 264 g/mol. The molecule has 7 heteroatoms. The van der Waals surface area contributed by atoms with Crippen LogP contribution >= 0.6 is 0 Å². The van der Waals surface area contributed by atoms with E-state index in [0.29, 0.717) is 13.2 Å². The van der Waals surface area contributed by atoms with Gasteiger partial charge in [-0.05, 0) is 13.8 Å². The van der Waals surface area contributed by atoms with Crippen LogP contribution in [0.25, 0.3) is 0 Å². The Labute approximate surface area is 106 Å². The Hall–Kier alpha value is -1.28. The molecule has 0 saturated carbocycles. The van der Waals surface area contributed by atoms with Crippen LogP contribution in [0.2, 0.25) is 0 Å². The maximum Gasteiger partial charge on any atom is 0.338 e. The van der Waals surface area contributed by atoms with Gasteiger partial charge in [-0.2, -0.15) is 0 Å². The number of esters is 2. The fourth-order valence-electron chi connectivity index (χ4n) is 0.512. The van der Waals surface area contributed by atoms with Gasteiger partial charge in [0.2, 0.25) is 0 Å². The van der Waals surface area contributed by atoms with Gasteiger partial charge in [-0.3, -0.25) is 0 Å². The second-order valence-corrected chi connectivity index (χ2v) is 3.03. The minimum atomic E-state index is -0.579. The van der Waals surface area contributed by atoms with Crippen molar-refractivity contribution in [2.24, 2.45) is 0 Å². The SMILES string of the molecule is CC(O)CO.CCOCCO.O=C1C=CC(=O)O1. The Morgan fingerprint density at radius 2 is 1.72 bits per heavy atom. The lowest BCUT2D eigenvalue weighted by Gasteiger charge is -1.91. The lowest BCUT2D eigenvalue weighted by atomic mass is 10.5. The molecule has 0 aromatic carbocycles. The Morgan fingerprint density at radius 3 is 1.83 bits per heavy atom. The maximum atomic E-state index is 9.92. The predicted octanol–water partition coefficient (Wildman–Crippen LogP) is -0.999. The Kier molecular flexibility index (Phi) is 14.6. The molecule has 7 nitrogen and oxygen atoms in total. The molecule has 106 valence electrons. The number of aliphatic hydroxyl groups is 3. The summed E-state index contributed by atoms with van der Waals surface area (Å²) in [5.74, 6) is -1.16. The predicted molar refractivity (Wildman–Crippen MR) is 62.6 cm³/mol. The molecular formula is C11H20O7. The van der Waals surface area contributed by atoms with E-state index in [2.05, 4.69) is 4.74 Å². The van der Waals surface area contributed by atoms with Gasteiger partial charge >= 0.3 is 11.9 Å². The van der Waals surface area contributed by atoms with Crippen molar-refractivity contribution in [3.63, 3.8) is 0 Å². The lowest BCUT2D eigenvalue weighted by Crippen LogP contribution is -2.03. The van der Waals surface area contributed by atoms with Crippen LogP contribution in [0.5, 0.6) is 0 Å². The minimum absolute atomic E-state index is 0.133. The standard InChI is InChI=1S/C4H2O3.C4H10O2.C3H8O2/c5-3-1-2-4(6)7-3;1-2-6-4-3-5;1-3(5)2-4/h1-2H;5H,2-4H2,1H3;3-5H,2H2,1H3. The van der Waals surface area contributed by atoms with Crippen LogP contribution in [0.1, 0.15) is 13.8 Å². The molecule has 0 bridgehead atoms. The average Bonchev–Trinajstić information content (AvgIpc) is 2.72. The highest BCUT2D eigenvalue weighted by Gasteiger charge is 2.10. The number of rotatable bonds is 4. The second kappa shape index (κ2) is 13.8. The largest absolute Gasteiger partial charge is 0.394 e. The summed E-state index contributed by atoms with van der Waals surface area (Å²) in [6.45, 7) is 4.58. The van der Waals surface area contributed by atoms with Gasteiger partial charge in [0.25, 0.3) is 0 Å². The highest BCUT2D eigenvalue weighted by atomic mass is 16.6. The number of hydrogen-bond acceptors (Lipinski definition) is 7. The molecule has 0 fully saturated rings. The van der Waals surface area contributed by atoms with Crippen LogP contribution in [0.4, 0.5) is 0 Å². The van der Waals surface area contributed by atoms with E-state index in [1.807, 2.05) is 6.92 Å². The van der Waals surface area contributed by atoms with Gasteiger partial charge in [-0.15, -0.1) is 0 Å². The summed E-state index contributed by atoms with van der Waals surface area (Å²) >= 11 is 0. The van der Waals surface area contributed by atoms with E-state index < -0.39 is 18.0 Å². The third-order valence-corrected chi connectivity index (χ3v) is 1.26. The van der Waals surface area contributed by atoms with Crippen molar-refractivity contribution < 1.29 is 34.4 Å². The lowest BCUT2D eigenvalue weighted by molar-refractivity contribution is -0.150. The molecular weight excluding hydrogens is 244 g/mol. The molecule has 3 N–H and O–H groups in total. The molecule has 0 aromatic rings. The molecule has 0 amide bonds. The molecule has 1 rings (SSSR count). The molecule has 1 unspecified atom stereocenters. The van der Waals surface area contributed by atoms with Crippen LogP contribution in [0.3, 0.4) is 0 Å². The van der Waals surface area contributed by atoms with Gasteiger partial charge in [0.1, 0.15) is 0 Å². The highest BCUT2D eigenvalue weighted by Crippen LogP contribution is 1.92. The quantitative estimate of drug-likeness (QED) is 0.339. The number of cyclic esters (lactones) is 2. The fraction of sp³-hybridized carbons (Fsp3) is 0.636. The summed E-state index contributed by atoms with van der Waals surface area (Å²) < 4.78 is 8.70. The second-order valence-electron chi connectivity index (χ2n) is 3.03. The van der Waals surface area contributed by atoms with Gasteiger partial charge in [-0.1, -0.05) is 0 Å². The molecule has 0 aliphatic carbocycles. The topological polar surface area (TPSA) is 113 Å². The Bertz CT molecular complexity index is 228. The van der Waals surface area contributed by atoms with Crippen molar-refractivity contribution >= 4 is 11.9 Å². The zero-order valence-corrected chi connectivity index (χ0v) is 10.5. The van der Waals surface area contributed by atoms with Crippen LogP contribution in [0.15, 0.2) is 12.2 Å². The van der Waals surface area contributed by atoms with Crippen molar-refractivity contribution in [1.82, 2.24) is 0 Å². The third-order valence-electron chi connectivity index (χ3n) is 1.26. The normalized spacial score (nSPS) is 14.1. The highest BCUT2D eigenvalue weighted by molar-refractivity contribution is 6.04. The van der Waals surface area contributed by atoms with E-state index in [1.165, 1.54) is 6.92 Å². The summed E-state index contributed by atoms with van der Waals surface area (Å²) in [7, 11) is 0. The van der Waals surface area contributed by atoms with Gasteiger partial charge in [0.05, 0.1) is 25.9 Å². The maximum absolute atomic E-state index is 9.92. The van der Waals surface area contributed by atoms with Crippen LogP contribution in [-0.4, -0.2) is 59.8 Å². The van der Waals surface area contributed by atoms with E-state index >= 15 is 0 Å². The van der Waals surface area contributed by atoms with E-state index in [4.69, 9.17) is 20.1 Å². The molecule has 1 aliphatic heterocycles. The summed E-state index contributed by atoms with van der Waals surface area (Å²) in [4.78, 5) is 19.8. The molecule has 1 atom stereocenters. The molecule has 0 radical (unpaired) electrons. The molecule has 0 aromatic heterocycles. The van der Waals surface area contributed by atoms with Crippen molar-refractivity contribution in [2.75, 3.05) is 26.4 Å². The first-order chi connectivity index (χ1) is 8.47. The first kappa shape index (κ1) is 19.1. The van der Waals surface area contributed by atoms with Crippen LogP contribution in [-0.2, 0) is 19.1 Å². The zero-order chi connectivity index (χ0) is 14.4. The third kappa shape index (κ3) is 17.1. The summed E-state index contributed by atoms with van der Waals surface area (Å²) in [5, 5.41) is 24.1. The number of hydrogen-bond donors (Lipinski definition) is 3. The monoisotopic (exact) mass is 264 g/mol. The van der Waals surface area contributed by atoms with Crippen molar-refractivity contribution in [2.45, 2.75) is 20.0 Å². The van der Waals surface area contributed by atoms with Crippen LogP contribution in [0, 0.1) is 0 Å². The number of aliphatic hydroxyl groups excluding tert-OH is 3. The smallest absolute Gasteiger partial charge is 0.338 e. The fourth-order valence-corrected chi connectivity index (χ4v) is 0.512. The zero-order valence-electron chi connectivity index (χ0n) is 10.5. The molecule has 1 heterocycles. The Balaban J connectivity index is 0. The van der Waals surface area contributed by atoms with Crippen molar-refractivity contribution in [3.05, 3.63) is 12.2 Å². The number of ether oxygens (including phenoxy) is 2. The van der Waals surface area contributed by atoms with E-state index in [1.54, 1.807) is 0 Å².